The van der Waals surface area contributed by atoms with Gasteiger partial charge in [-0.3, -0.25) is 4.90 Å². The Balaban J connectivity index is 1.88. The number of hydrogen-bond donors (Lipinski definition) is 1. The first-order valence-electron chi connectivity index (χ1n) is 6.10. The summed E-state index contributed by atoms with van der Waals surface area (Å²) < 4.78 is 0. The highest BCUT2D eigenvalue weighted by Gasteiger charge is 2.24. The fourth-order valence-corrected chi connectivity index (χ4v) is 2.38. The first kappa shape index (κ1) is 11.5. The van der Waals surface area contributed by atoms with Crippen LogP contribution in [0.3, 0.4) is 0 Å². The first-order valence-corrected chi connectivity index (χ1v) is 6.10. The first-order chi connectivity index (χ1) is 7.90. The quantitative estimate of drug-likeness (QED) is 0.809. The Bertz CT molecular complexity index is 301. The van der Waals surface area contributed by atoms with Gasteiger partial charge in [-0.05, 0) is 44.8 Å². The summed E-state index contributed by atoms with van der Waals surface area (Å²) >= 11 is 0. The van der Waals surface area contributed by atoms with Crippen molar-refractivity contribution in [3.63, 3.8) is 0 Å². The van der Waals surface area contributed by atoms with Gasteiger partial charge >= 0.3 is 0 Å². The fraction of sp³-hybridized carbons (Fsp3) is 0.667. The van der Waals surface area contributed by atoms with Crippen LogP contribution in [0.1, 0.15) is 31.5 Å². The highest BCUT2D eigenvalue weighted by Crippen LogP contribution is 2.22. The fourth-order valence-electron chi connectivity index (χ4n) is 2.38. The maximum absolute atomic E-state index is 5.56. The van der Waals surface area contributed by atoms with Crippen LogP contribution in [-0.2, 0) is 6.54 Å². The van der Waals surface area contributed by atoms with E-state index < -0.39 is 0 Å². The number of rotatable bonds is 5. The number of hydrogen-bond acceptors (Lipinski definition) is 4. The summed E-state index contributed by atoms with van der Waals surface area (Å²) in [5.41, 5.74) is 5.56. The molecule has 0 saturated carbocycles. The van der Waals surface area contributed by atoms with Crippen molar-refractivity contribution in [3.8, 4) is 0 Å². The van der Waals surface area contributed by atoms with E-state index in [0.29, 0.717) is 6.04 Å². The summed E-state index contributed by atoms with van der Waals surface area (Å²) in [7, 11) is 0. The molecule has 1 aromatic heterocycles. The van der Waals surface area contributed by atoms with Crippen LogP contribution >= 0.6 is 0 Å². The minimum absolute atomic E-state index is 0.687. The Morgan fingerprint density at radius 3 is 2.94 bits per heavy atom. The molecule has 1 atom stereocenters. The average Bonchev–Trinajstić information content (AvgIpc) is 2.75. The van der Waals surface area contributed by atoms with E-state index in [0.717, 1.165) is 25.3 Å². The SMILES string of the molecule is NCCCC1CCCN1Cc1ncccn1. The van der Waals surface area contributed by atoms with Gasteiger partial charge < -0.3 is 5.73 Å². The summed E-state index contributed by atoms with van der Waals surface area (Å²) in [6.45, 7) is 2.86. The van der Waals surface area contributed by atoms with E-state index in [1.807, 2.05) is 18.5 Å². The zero-order valence-electron chi connectivity index (χ0n) is 9.68. The van der Waals surface area contributed by atoms with Crippen molar-refractivity contribution in [1.29, 1.82) is 0 Å². The number of nitrogens with zero attached hydrogens (tertiary/aromatic N) is 3. The van der Waals surface area contributed by atoms with Gasteiger partial charge in [0.1, 0.15) is 5.82 Å². The second kappa shape index (κ2) is 5.92. The van der Waals surface area contributed by atoms with E-state index >= 15 is 0 Å². The molecule has 1 aliphatic rings. The van der Waals surface area contributed by atoms with Crippen molar-refractivity contribution in [1.82, 2.24) is 14.9 Å². The topological polar surface area (TPSA) is 55.0 Å². The van der Waals surface area contributed by atoms with Crippen molar-refractivity contribution in [2.24, 2.45) is 5.73 Å². The molecule has 16 heavy (non-hydrogen) atoms. The Morgan fingerprint density at radius 2 is 2.19 bits per heavy atom. The Kier molecular flexibility index (Phi) is 4.25. The maximum atomic E-state index is 5.56. The molecule has 2 rings (SSSR count). The second-order valence-electron chi connectivity index (χ2n) is 4.36. The minimum atomic E-state index is 0.687. The van der Waals surface area contributed by atoms with Gasteiger partial charge in [-0.25, -0.2) is 9.97 Å². The van der Waals surface area contributed by atoms with Crippen molar-refractivity contribution in [3.05, 3.63) is 24.3 Å². The average molecular weight is 220 g/mol. The molecule has 1 unspecified atom stereocenters. The molecule has 1 saturated heterocycles. The highest BCUT2D eigenvalue weighted by atomic mass is 15.2. The molecular formula is C12H20N4. The van der Waals surface area contributed by atoms with Gasteiger partial charge in [-0.2, -0.15) is 0 Å². The Labute approximate surface area is 96.9 Å². The van der Waals surface area contributed by atoms with Crippen LogP contribution in [0.25, 0.3) is 0 Å². The van der Waals surface area contributed by atoms with E-state index in [1.54, 1.807) is 0 Å². The number of nitrogens with two attached hydrogens (primary N) is 1. The third-order valence-corrected chi connectivity index (χ3v) is 3.20. The van der Waals surface area contributed by atoms with Crippen LogP contribution in [0, 0.1) is 0 Å². The Morgan fingerprint density at radius 1 is 1.38 bits per heavy atom. The van der Waals surface area contributed by atoms with Gasteiger partial charge in [-0.15, -0.1) is 0 Å². The van der Waals surface area contributed by atoms with Gasteiger partial charge in [-0.1, -0.05) is 0 Å². The lowest BCUT2D eigenvalue weighted by Crippen LogP contribution is -2.30. The number of likely N-dealkylation sites (tertiary alicyclic amines) is 1. The predicted octanol–water partition coefficient (Wildman–Crippen LogP) is 1.18. The van der Waals surface area contributed by atoms with E-state index in [-0.39, 0.29) is 0 Å². The molecule has 2 heterocycles. The normalized spacial score (nSPS) is 21.4. The molecule has 88 valence electrons. The molecule has 0 aliphatic carbocycles. The smallest absolute Gasteiger partial charge is 0.142 e. The molecule has 4 nitrogen and oxygen atoms in total. The molecule has 4 heteroatoms. The van der Waals surface area contributed by atoms with Crippen LogP contribution < -0.4 is 5.73 Å². The lowest BCUT2D eigenvalue weighted by Gasteiger charge is -2.23. The van der Waals surface area contributed by atoms with Crippen LogP contribution in [0.2, 0.25) is 0 Å². The molecule has 1 aromatic rings. The molecule has 2 N–H and O–H groups in total. The molecule has 0 spiro atoms. The maximum Gasteiger partial charge on any atom is 0.142 e. The molecule has 1 fully saturated rings. The van der Waals surface area contributed by atoms with E-state index in [9.17, 15) is 0 Å². The molecule has 0 aromatic carbocycles. The third-order valence-electron chi connectivity index (χ3n) is 3.20. The summed E-state index contributed by atoms with van der Waals surface area (Å²) in [6.07, 6.45) is 8.55. The zero-order chi connectivity index (χ0) is 11.2. The van der Waals surface area contributed by atoms with E-state index in [1.165, 1.54) is 25.8 Å². The van der Waals surface area contributed by atoms with Crippen LogP contribution in [-0.4, -0.2) is 34.0 Å². The molecule has 0 radical (unpaired) electrons. The summed E-state index contributed by atoms with van der Waals surface area (Å²) in [4.78, 5) is 11.1. The monoisotopic (exact) mass is 220 g/mol. The Hall–Kier alpha value is -1.00. The van der Waals surface area contributed by atoms with Gasteiger partial charge in [0.05, 0.1) is 6.54 Å². The van der Waals surface area contributed by atoms with Gasteiger partial charge in [0.25, 0.3) is 0 Å². The van der Waals surface area contributed by atoms with Crippen molar-refractivity contribution < 1.29 is 0 Å². The zero-order valence-corrected chi connectivity index (χ0v) is 9.68. The third kappa shape index (κ3) is 3.00. The lowest BCUT2D eigenvalue weighted by molar-refractivity contribution is 0.227. The number of aromatic nitrogens is 2. The summed E-state index contributed by atoms with van der Waals surface area (Å²) in [6, 6.07) is 2.55. The highest BCUT2D eigenvalue weighted by molar-refractivity contribution is 4.91. The second-order valence-corrected chi connectivity index (χ2v) is 4.36. The molecule has 1 aliphatic heterocycles. The molecular weight excluding hydrogens is 200 g/mol. The van der Waals surface area contributed by atoms with Crippen molar-refractivity contribution in [2.75, 3.05) is 13.1 Å². The standard InChI is InChI=1S/C12H20N4/c13-6-1-4-11-5-2-9-16(11)10-12-14-7-3-8-15-12/h3,7-8,11H,1-2,4-6,9-10,13H2. The molecule has 0 bridgehead atoms. The van der Waals surface area contributed by atoms with Crippen LogP contribution in [0.5, 0.6) is 0 Å². The molecule has 0 amide bonds. The van der Waals surface area contributed by atoms with Crippen molar-refractivity contribution in [2.45, 2.75) is 38.3 Å². The summed E-state index contributed by atoms with van der Waals surface area (Å²) in [5, 5.41) is 0. The minimum Gasteiger partial charge on any atom is -0.330 e. The largest absolute Gasteiger partial charge is 0.330 e. The van der Waals surface area contributed by atoms with Gasteiger partial charge in [0.15, 0.2) is 0 Å². The summed E-state index contributed by atoms with van der Waals surface area (Å²) in [5.74, 6) is 0.933. The van der Waals surface area contributed by atoms with E-state index in [2.05, 4.69) is 14.9 Å². The van der Waals surface area contributed by atoms with Gasteiger partial charge in [0.2, 0.25) is 0 Å². The van der Waals surface area contributed by atoms with Crippen LogP contribution in [0.4, 0.5) is 0 Å². The van der Waals surface area contributed by atoms with Gasteiger partial charge in [0, 0.05) is 18.4 Å². The van der Waals surface area contributed by atoms with Crippen molar-refractivity contribution >= 4 is 0 Å². The van der Waals surface area contributed by atoms with E-state index in [4.69, 9.17) is 5.73 Å². The predicted molar refractivity (Wildman–Crippen MR) is 63.8 cm³/mol. The lowest BCUT2D eigenvalue weighted by atomic mass is 10.1. The van der Waals surface area contributed by atoms with Crippen LogP contribution in [0.15, 0.2) is 18.5 Å².